The summed E-state index contributed by atoms with van der Waals surface area (Å²) in [6.45, 7) is 7.57. The van der Waals surface area contributed by atoms with Gasteiger partial charge >= 0.3 is 17.9 Å². The first-order valence-corrected chi connectivity index (χ1v) is 12.6. The highest BCUT2D eigenvalue weighted by atomic mass is 16.6. The molecule has 7 unspecified atom stereocenters. The molecule has 0 aromatic carbocycles. The molecular formula is C27H36O8. The smallest absolute Gasteiger partial charge is 0.303 e. The number of Topliss-reactive ketones (excluding diaryl/α,β-unsaturated/α-hetero) is 1. The van der Waals surface area contributed by atoms with Crippen molar-refractivity contribution in [3.05, 3.63) is 11.6 Å². The molecule has 0 aliphatic heterocycles. The van der Waals surface area contributed by atoms with Crippen LogP contribution in [0.5, 0.6) is 0 Å². The molecule has 0 heterocycles. The number of carbonyl (C=O) groups is 5. The average molecular weight is 489 g/mol. The zero-order valence-corrected chi connectivity index (χ0v) is 21.3. The molecule has 0 amide bonds. The van der Waals surface area contributed by atoms with Crippen LogP contribution in [0, 0.1) is 28.6 Å². The van der Waals surface area contributed by atoms with Crippen molar-refractivity contribution in [3.63, 3.8) is 0 Å². The Kier molecular flexibility index (Phi) is 6.47. The summed E-state index contributed by atoms with van der Waals surface area (Å²) in [4.78, 5) is 61.7. The van der Waals surface area contributed by atoms with Gasteiger partial charge in [-0.25, -0.2) is 0 Å². The Balaban J connectivity index is 1.79. The zero-order chi connectivity index (χ0) is 25.8. The molecule has 3 fully saturated rings. The largest absolute Gasteiger partial charge is 0.462 e. The maximum absolute atomic E-state index is 13.6. The normalized spacial score (nSPS) is 39.9. The third kappa shape index (κ3) is 4.02. The van der Waals surface area contributed by atoms with Crippen LogP contribution in [0.4, 0.5) is 0 Å². The van der Waals surface area contributed by atoms with E-state index in [1.165, 1.54) is 20.8 Å². The average Bonchev–Trinajstić information content (AvgIpc) is 3.04. The minimum Gasteiger partial charge on any atom is -0.462 e. The molecule has 4 aliphatic carbocycles. The quantitative estimate of drug-likeness (QED) is 0.427. The Morgan fingerprint density at radius 1 is 0.971 bits per heavy atom. The molecule has 0 N–H and O–H groups in total. The van der Waals surface area contributed by atoms with Gasteiger partial charge in [0.05, 0.1) is 0 Å². The molecule has 4 rings (SSSR count). The van der Waals surface area contributed by atoms with Crippen molar-refractivity contribution >= 4 is 29.5 Å². The molecule has 0 radical (unpaired) electrons. The summed E-state index contributed by atoms with van der Waals surface area (Å²) < 4.78 is 16.9. The predicted molar refractivity (Wildman–Crippen MR) is 124 cm³/mol. The third-order valence-corrected chi connectivity index (χ3v) is 9.49. The number of carbonyl (C=O) groups excluding carboxylic acids is 5. The van der Waals surface area contributed by atoms with E-state index in [-0.39, 0.29) is 29.0 Å². The SMILES string of the molecule is CC(=O)OCC(=O)C1(OC(C)=O)CCC2C3CCC4=CC(=O)CCC4(C)C3C(OC(C)=O)CC21C. The second kappa shape index (κ2) is 8.86. The fourth-order valence-electron chi connectivity index (χ4n) is 8.17. The van der Waals surface area contributed by atoms with Crippen LogP contribution in [0.15, 0.2) is 11.6 Å². The first kappa shape index (κ1) is 25.6. The van der Waals surface area contributed by atoms with Crippen molar-refractivity contribution in [3.8, 4) is 0 Å². The lowest BCUT2D eigenvalue weighted by atomic mass is 9.45. The monoisotopic (exact) mass is 488 g/mol. The van der Waals surface area contributed by atoms with Gasteiger partial charge in [-0.3, -0.25) is 24.0 Å². The lowest BCUT2D eigenvalue weighted by Crippen LogP contribution is -2.63. The minimum atomic E-state index is -1.46. The van der Waals surface area contributed by atoms with Gasteiger partial charge < -0.3 is 14.2 Å². The predicted octanol–water partition coefficient (Wildman–Crippen LogP) is 3.49. The Labute approximate surface area is 206 Å². The number of esters is 3. The summed E-state index contributed by atoms with van der Waals surface area (Å²) in [6, 6.07) is 0. The van der Waals surface area contributed by atoms with Crippen molar-refractivity contribution in [2.75, 3.05) is 6.61 Å². The Morgan fingerprint density at radius 3 is 2.31 bits per heavy atom. The van der Waals surface area contributed by atoms with Gasteiger partial charge in [-0.15, -0.1) is 0 Å². The fourth-order valence-corrected chi connectivity index (χ4v) is 8.17. The van der Waals surface area contributed by atoms with Crippen LogP contribution < -0.4 is 0 Å². The van der Waals surface area contributed by atoms with E-state index in [4.69, 9.17) is 14.2 Å². The van der Waals surface area contributed by atoms with Crippen molar-refractivity contribution in [2.24, 2.45) is 28.6 Å². The van der Waals surface area contributed by atoms with E-state index >= 15 is 0 Å². The van der Waals surface area contributed by atoms with E-state index in [1.54, 1.807) is 6.08 Å². The molecule has 0 aromatic rings. The van der Waals surface area contributed by atoms with Gasteiger partial charge in [-0.05, 0) is 61.9 Å². The number of hydrogen-bond donors (Lipinski definition) is 0. The molecule has 8 heteroatoms. The molecule has 192 valence electrons. The lowest BCUT2D eigenvalue weighted by molar-refractivity contribution is -0.208. The number of ether oxygens (including phenoxy) is 3. The van der Waals surface area contributed by atoms with E-state index in [9.17, 15) is 24.0 Å². The second-order valence-electron chi connectivity index (χ2n) is 11.3. The summed E-state index contributed by atoms with van der Waals surface area (Å²) >= 11 is 0. The summed E-state index contributed by atoms with van der Waals surface area (Å²) in [6.07, 6.45) is 5.44. The highest BCUT2D eigenvalue weighted by Crippen LogP contribution is 2.68. The summed E-state index contributed by atoms with van der Waals surface area (Å²) in [5.74, 6) is -1.64. The summed E-state index contributed by atoms with van der Waals surface area (Å²) in [5.41, 5.74) is -1.39. The van der Waals surface area contributed by atoms with Gasteiger partial charge in [-0.1, -0.05) is 19.4 Å². The molecule has 3 saturated carbocycles. The molecule has 8 nitrogen and oxygen atoms in total. The molecule has 4 aliphatic rings. The van der Waals surface area contributed by atoms with Crippen LogP contribution in [-0.2, 0) is 38.2 Å². The van der Waals surface area contributed by atoms with Gasteiger partial charge in [0, 0.05) is 38.5 Å². The Hall–Kier alpha value is -2.51. The Morgan fingerprint density at radius 2 is 1.69 bits per heavy atom. The number of rotatable bonds is 5. The van der Waals surface area contributed by atoms with Crippen LogP contribution in [0.3, 0.4) is 0 Å². The summed E-state index contributed by atoms with van der Waals surface area (Å²) in [7, 11) is 0. The topological polar surface area (TPSA) is 113 Å². The lowest BCUT2D eigenvalue weighted by Gasteiger charge is -2.61. The van der Waals surface area contributed by atoms with Crippen LogP contribution in [0.25, 0.3) is 0 Å². The summed E-state index contributed by atoms with van der Waals surface area (Å²) in [5, 5.41) is 0. The van der Waals surface area contributed by atoms with E-state index in [2.05, 4.69) is 6.92 Å². The molecule has 7 atom stereocenters. The van der Waals surface area contributed by atoms with E-state index < -0.39 is 47.4 Å². The van der Waals surface area contributed by atoms with E-state index in [0.29, 0.717) is 32.1 Å². The first-order valence-electron chi connectivity index (χ1n) is 12.6. The maximum atomic E-state index is 13.6. The highest BCUT2D eigenvalue weighted by molar-refractivity contribution is 5.93. The first-order chi connectivity index (χ1) is 16.3. The van der Waals surface area contributed by atoms with E-state index in [0.717, 1.165) is 18.4 Å². The Bertz CT molecular complexity index is 997. The zero-order valence-electron chi connectivity index (χ0n) is 21.3. The van der Waals surface area contributed by atoms with Gasteiger partial charge in [0.25, 0.3) is 0 Å². The molecule has 35 heavy (non-hydrogen) atoms. The van der Waals surface area contributed by atoms with Crippen LogP contribution in [-0.4, -0.2) is 47.8 Å². The van der Waals surface area contributed by atoms with Crippen molar-refractivity contribution in [1.82, 2.24) is 0 Å². The molecule has 0 aromatic heterocycles. The van der Waals surface area contributed by atoms with Crippen LogP contribution >= 0.6 is 0 Å². The van der Waals surface area contributed by atoms with Gasteiger partial charge in [0.15, 0.2) is 18.0 Å². The van der Waals surface area contributed by atoms with Crippen LogP contribution in [0.2, 0.25) is 0 Å². The van der Waals surface area contributed by atoms with Gasteiger partial charge in [-0.2, -0.15) is 0 Å². The molecule has 0 saturated heterocycles. The number of hydrogen-bond acceptors (Lipinski definition) is 8. The molecular weight excluding hydrogens is 452 g/mol. The number of ketones is 2. The molecule has 0 spiro atoms. The van der Waals surface area contributed by atoms with Gasteiger partial charge in [0.1, 0.15) is 6.10 Å². The van der Waals surface area contributed by atoms with Crippen LogP contribution in [0.1, 0.15) is 79.6 Å². The third-order valence-electron chi connectivity index (χ3n) is 9.49. The fraction of sp³-hybridized carbons (Fsp3) is 0.741. The van der Waals surface area contributed by atoms with Crippen molar-refractivity contribution < 1.29 is 38.2 Å². The number of allylic oxidation sites excluding steroid dienone is 1. The standard InChI is InChI=1S/C27H36O8/c1-15(28)33-14-23(32)27(35-17(3)30)11-9-21-20-7-6-18-12-19(31)8-10-25(18,4)24(20)22(34-16(2)29)13-26(21,27)5/h12,20-22,24H,6-11,13-14H2,1-5H3. The minimum absolute atomic E-state index is 0.00859. The van der Waals surface area contributed by atoms with Crippen molar-refractivity contribution in [2.45, 2.75) is 91.3 Å². The van der Waals surface area contributed by atoms with Crippen molar-refractivity contribution in [1.29, 1.82) is 0 Å². The maximum Gasteiger partial charge on any atom is 0.303 e. The second-order valence-corrected chi connectivity index (χ2v) is 11.3. The number of fused-ring (bicyclic) bond motifs is 5. The van der Waals surface area contributed by atoms with E-state index in [1.807, 2.05) is 6.92 Å². The highest BCUT2D eigenvalue weighted by Gasteiger charge is 2.71. The van der Waals surface area contributed by atoms with Gasteiger partial charge in [0.2, 0.25) is 5.78 Å². The molecule has 0 bridgehead atoms.